The molecule has 0 amide bonds. The summed E-state index contributed by atoms with van der Waals surface area (Å²) in [6, 6.07) is 0. The summed E-state index contributed by atoms with van der Waals surface area (Å²) in [5.74, 6) is -0.553. The molecule has 6 aliphatic rings. The average Bonchev–Trinajstić information content (AvgIpc) is 3.78. The Morgan fingerprint density at radius 1 is 1.00 bits per heavy atom. The van der Waals surface area contributed by atoms with Crippen molar-refractivity contribution in [1.29, 1.82) is 0 Å². The van der Waals surface area contributed by atoms with E-state index in [4.69, 9.17) is 19.7 Å². The monoisotopic (exact) mass is 700 g/mol. The number of hydrogen-bond donors (Lipinski definition) is 3. The number of ether oxygens (including phenoxy) is 1. The summed E-state index contributed by atoms with van der Waals surface area (Å²) in [7, 11) is 0. The van der Waals surface area contributed by atoms with E-state index < -0.39 is 5.97 Å². The molecule has 257 valence electrons. The van der Waals surface area contributed by atoms with Crippen LogP contribution in [-0.2, 0) is 26.6 Å². The van der Waals surface area contributed by atoms with E-state index >= 15 is 0 Å². The van der Waals surface area contributed by atoms with Gasteiger partial charge in [-0.3, -0.25) is 4.79 Å². The van der Waals surface area contributed by atoms with Crippen LogP contribution in [0.25, 0.3) is 0 Å². The zero-order valence-corrected chi connectivity index (χ0v) is 30.1. The number of allylic oxidation sites excluding steroid dienone is 11. The number of nitrogens with zero attached hydrogens (tertiary/aromatic N) is 3. The van der Waals surface area contributed by atoms with E-state index in [0.29, 0.717) is 25.2 Å². The van der Waals surface area contributed by atoms with Gasteiger partial charge >= 0.3 is 23.0 Å². The Morgan fingerprint density at radius 3 is 2.44 bits per heavy atom. The number of aliphatic carboxylic acids is 1. The quantitative estimate of drug-likeness (QED) is 0.148. The molecule has 6 rings (SSSR count). The molecule has 8 nitrogen and oxygen atoms in total. The van der Waals surface area contributed by atoms with Crippen molar-refractivity contribution < 1.29 is 36.8 Å². The van der Waals surface area contributed by atoms with Crippen LogP contribution in [0.3, 0.4) is 0 Å². The number of carboxylic acids is 1. The second-order valence-corrected chi connectivity index (χ2v) is 13.5. The number of unbranched alkanes of at least 4 members (excludes halogenated alkanes) is 3. The van der Waals surface area contributed by atoms with Crippen molar-refractivity contribution >= 4 is 23.1 Å². The Balaban J connectivity index is 0.00000451. The maximum atomic E-state index is 11.7. The Bertz CT molecular complexity index is 1770. The van der Waals surface area contributed by atoms with E-state index in [9.17, 15) is 15.0 Å². The fourth-order valence-corrected chi connectivity index (χ4v) is 7.79. The summed E-state index contributed by atoms with van der Waals surface area (Å²) in [5, 5.41) is 24.6. The van der Waals surface area contributed by atoms with Crippen LogP contribution in [0, 0.1) is 11.8 Å². The molecule has 3 atom stereocenters. The van der Waals surface area contributed by atoms with Crippen LogP contribution in [0.4, 0.5) is 0 Å². The summed E-state index contributed by atoms with van der Waals surface area (Å²) in [6.07, 6.45) is 12.5. The van der Waals surface area contributed by atoms with Crippen LogP contribution >= 0.6 is 0 Å². The van der Waals surface area contributed by atoms with Gasteiger partial charge in [0.1, 0.15) is 5.76 Å². The van der Waals surface area contributed by atoms with Crippen LogP contribution in [0.2, 0.25) is 0 Å². The number of aliphatic hydroxyl groups is 1. The van der Waals surface area contributed by atoms with Gasteiger partial charge in [-0.05, 0) is 87.5 Å². The summed E-state index contributed by atoms with van der Waals surface area (Å²) in [6.45, 7) is 15.6. The maximum Gasteiger partial charge on any atom is 2.00 e. The minimum Gasteiger partial charge on any atom is -0.511 e. The molecular formula is C39H48CuN4O4+2. The molecule has 48 heavy (non-hydrogen) atoms. The first-order valence-corrected chi connectivity index (χ1v) is 17.3. The Labute approximate surface area is 295 Å². The molecule has 1 radical (unpaired) electrons. The van der Waals surface area contributed by atoms with Gasteiger partial charge in [0, 0.05) is 59.4 Å². The molecule has 0 saturated carbocycles. The first-order chi connectivity index (χ1) is 22.5. The number of aliphatic imine (C=N–C) groups is 3. The smallest absolute Gasteiger partial charge is 0.511 e. The van der Waals surface area contributed by atoms with Crippen LogP contribution in [0.1, 0.15) is 99.8 Å². The summed E-state index contributed by atoms with van der Waals surface area (Å²) < 4.78 is 6.42. The minimum absolute atomic E-state index is 0. The molecule has 3 N–H and O–H groups in total. The van der Waals surface area contributed by atoms with Crippen molar-refractivity contribution in [2.75, 3.05) is 6.61 Å². The number of fused-ring (bicyclic) bond motifs is 5. The molecular weight excluding hydrogens is 652 g/mol. The van der Waals surface area contributed by atoms with Crippen LogP contribution < -0.4 is 5.32 Å². The minimum atomic E-state index is -0.816. The Morgan fingerprint density at radius 2 is 1.73 bits per heavy atom. The van der Waals surface area contributed by atoms with E-state index in [2.05, 4.69) is 59.0 Å². The van der Waals surface area contributed by atoms with Gasteiger partial charge in [-0.15, -0.1) is 0 Å². The van der Waals surface area contributed by atoms with Crippen molar-refractivity contribution in [3.8, 4) is 0 Å². The van der Waals surface area contributed by atoms with Gasteiger partial charge in [0.15, 0.2) is 0 Å². The van der Waals surface area contributed by atoms with Gasteiger partial charge in [0.2, 0.25) is 0 Å². The largest absolute Gasteiger partial charge is 2.00 e. The van der Waals surface area contributed by atoms with Gasteiger partial charge in [-0.2, -0.15) is 0 Å². The number of carboxylic acid groups (broad SMARTS) is 1. The van der Waals surface area contributed by atoms with E-state index in [1.807, 2.05) is 13.0 Å². The zero-order valence-electron chi connectivity index (χ0n) is 29.2. The van der Waals surface area contributed by atoms with Gasteiger partial charge in [0.25, 0.3) is 0 Å². The second-order valence-electron chi connectivity index (χ2n) is 13.5. The molecule has 1 unspecified atom stereocenters. The normalized spacial score (nSPS) is 23.6. The van der Waals surface area contributed by atoms with E-state index in [-0.39, 0.29) is 41.4 Å². The summed E-state index contributed by atoms with van der Waals surface area (Å²) in [4.78, 5) is 27.2. The molecule has 9 heteroatoms. The first kappa shape index (κ1) is 35.8. The van der Waals surface area contributed by atoms with Crippen LogP contribution in [0.5, 0.6) is 0 Å². The fraction of sp³-hybridized carbons (Fsp3) is 0.487. The Hall–Kier alpha value is -3.52. The molecule has 1 aliphatic carbocycles. The molecule has 0 aromatic heterocycles. The van der Waals surface area contributed by atoms with Crippen molar-refractivity contribution in [1.82, 2.24) is 5.32 Å². The molecule has 8 bridgehead atoms. The first-order valence-electron chi connectivity index (χ1n) is 17.3. The van der Waals surface area contributed by atoms with Gasteiger partial charge in [0.05, 0.1) is 40.3 Å². The molecule has 5 heterocycles. The third kappa shape index (κ3) is 6.45. The number of rotatable bonds is 11. The summed E-state index contributed by atoms with van der Waals surface area (Å²) >= 11 is 0. The number of hydrogen-bond acceptors (Lipinski definition) is 7. The van der Waals surface area contributed by atoms with Crippen LogP contribution in [-0.4, -0.2) is 46.0 Å². The fourth-order valence-electron chi connectivity index (χ4n) is 7.79. The number of nitrogens with one attached hydrogen (secondary N) is 1. The second kappa shape index (κ2) is 14.5. The predicted molar refractivity (Wildman–Crippen MR) is 188 cm³/mol. The van der Waals surface area contributed by atoms with Crippen molar-refractivity contribution in [2.45, 2.75) is 106 Å². The summed E-state index contributed by atoms with van der Waals surface area (Å²) in [5.41, 5.74) is 14.1. The van der Waals surface area contributed by atoms with Crippen molar-refractivity contribution in [3.05, 3.63) is 91.5 Å². The molecule has 1 saturated heterocycles. The molecule has 5 aliphatic heterocycles. The van der Waals surface area contributed by atoms with Gasteiger partial charge in [-0.25, -0.2) is 15.0 Å². The SMILES string of the molecule is CCCCCCOC(C)C1=C(C)C2=NC1=CC1=NC(=CC3=C(C)C4=C(O)CC(=C5NC(=C2)[C@@H](C)[C@@H]5CCC(=O)O)C4=N3)C(CC)=C1C.[64Cu+2]. The van der Waals surface area contributed by atoms with Gasteiger partial charge in [-0.1, -0.05) is 40.0 Å². The molecule has 1 fully saturated rings. The van der Waals surface area contributed by atoms with Crippen molar-refractivity contribution in [3.63, 3.8) is 0 Å². The maximum absolute atomic E-state index is 11.7. The standard InChI is InChI=1S/C39H48N4O4.Cu/c1-8-10-11-12-15-47-24(7)36-22(5)30-17-29-21(4)26(13-14-35(45)46)38(42-29)27-16-34(44)37-23(6)31(43-39(27)37)18-32-25(9-2)20(3)28(40-32)19-33(36)41-30;/h17-19,21,24,26,42,44H,8-16H2,1-7H3,(H,45,46);/q;+2/t21-,24?,26-;/m0./s1/i;1+0. The molecule has 0 aromatic rings. The van der Waals surface area contributed by atoms with E-state index in [1.54, 1.807) is 0 Å². The third-order valence-corrected chi connectivity index (χ3v) is 10.5. The topological polar surface area (TPSA) is 116 Å². The Kier molecular flexibility index (Phi) is 10.8. The van der Waals surface area contributed by atoms with E-state index in [1.165, 1.54) is 18.4 Å². The number of aliphatic hydroxyl groups excluding tert-OH is 1. The predicted octanol–water partition coefficient (Wildman–Crippen LogP) is 8.51. The molecule has 0 aromatic carbocycles. The third-order valence-electron chi connectivity index (χ3n) is 10.5. The number of carbonyl (C=O) groups is 1. The van der Waals surface area contributed by atoms with Crippen molar-refractivity contribution in [2.24, 2.45) is 26.8 Å². The van der Waals surface area contributed by atoms with Gasteiger partial charge < -0.3 is 20.3 Å². The zero-order chi connectivity index (χ0) is 33.6. The van der Waals surface area contributed by atoms with E-state index in [0.717, 1.165) is 98.3 Å². The van der Waals surface area contributed by atoms with Crippen LogP contribution in [0.15, 0.2) is 106 Å². The average molecular weight is 701 g/mol. The molecule has 0 spiro atoms.